The highest BCUT2D eigenvalue weighted by atomic mass is 32.1. The van der Waals surface area contributed by atoms with Gasteiger partial charge < -0.3 is 4.90 Å². The second kappa shape index (κ2) is 7.75. The van der Waals surface area contributed by atoms with Gasteiger partial charge in [0.1, 0.15) is 6.67 Å². The van der Waals surface area contributed by atoms with Gasteiger partial charge in [0.2, 0.25) is 0 Å². The Kier molecular flexibility index (Phi) is 5.14. The van der Waals surface area contributed by atoms with E-state index in [-0.39, 0.29) is 16.7 Å². The van der Waals surface area contributed by atoms with Crippen molar-refractivity contribution in [1.82, 2.24) is 19.3 Å². The first-order valence-electron chi connectivity index (χ1n) is 9.61. The average Bonchev–Trinajstić information content (AvgIpc) is 3.20. The van der Waals surface area contributed by atoms with Crippen LogP contribution in [0, 0.1) is 14.9 Å². The molecule has 4 rings (SSSR count). The van der Waals surface area contributed by atoms with E-state index in [1.807, 2.05) is 22.9 Å². The number of aromatic nitrogens is 4. The Balaban J connectivity index is 1.71. The zero-order valence-electron chi connectivity index (χ0n) is 16.4. The largest absolute Gasteiger partial charge is 0.349 e. The summed E-state index contributed by atoms with van der Waals surface area (Å²) in [6.07, 6.45) is 5.21. The van der Waals surface area contributed by atoms with Crippen LogP contribution in [0.15, 0.2) is 42.7 Å². The first kappa shape index (κ1) is 19.3. The first-order chi connectivity index (χ1) is 14.0. The van der Waals surface area contributed by atoms with E-state index in [1.165, 1.54) is 0 Å². The molecule has 2 aromatic heterocycles. The molecule has 0 unspecified atom stereocenters. The predicted molar refractivity (Wildman–Crippen MR) is 113 cm³/mol. The highest BCUT2D eigenvalue weighted by Crippen LogP contribution is 2.35. The van der Waals surface area contributed by atoms with E-state index in [9.17, 15) is 10.1 Å². The minimum atomic E-state index is -0.350. The van der Waals surface area contributed by atoms with Gasteiger partial charge in [0, 0.05) is 48.4 Å². The highest BCUT2D eigenvalue weighted by Gasteiger charge is 2.28. The molecule has 150 valence electrons. The second-order valence-corrected chi connectivity index (χ2v) is 7.59. The normalized spacial score (nSPS) is 15.5. The van der Waals surface area contributed by atoms with Crippen molar-refractivity contribution >= 4 is 23.6 Å². The average molecular weight is 411 g/mol. The third-order valence-corrected chi connectivity index (χ3v) is 5.66. The molecule has 0 aliphatic carbocycles. The van der Waals surface area contributed by atoms with E-state index in [1.54, 1.807) is 24.5 Å². The van der Waals surface area contributed by atoms with Crippen LogP contribution in [0.5, 0.6) is 0 Å². The van der Waals surface area contributed by atoms with E-state index >= 15 is 0 Å². The van der Waals surface area contributed by atoms with E-state index in [2.05, 4.69) is 28.3 Å². The lowest BCUT2D eigenvalue weighted by Gasteiger charge is -2.24. The lowest BCUT2D eigenvalue weighted by atomic mass is 10.1. The molecule has 1 aliphatic heterocycles. The third-order valence-electron chi connectivity index (χ3n) is 5.23. The number of nitro groups is 1. The molecule has 0 spiro atoms. The molecule has 1 aromatic carbocycles. The molecule has 0 fully saturated rings. The summed E-state index contributed by atoms with van der Waals surface area (Å²) in [4.78, 5) is 17.0. The summed E-state index contributed by atoms with van der Waals surface area (Å²) in [7, 11) is 0. The van der Waals surface area contributed by atoms with Crippen LogP contribution in [-0.2, 0) is 19.6 Å². The van der Waals surface area contributed by atoms with Crippen molar-refractivity contribution in [1.29, 1.82) is 0 Å². The van der Waals surface area contributed by atoms with Crippen molar-refractivity contribution < 1.29 is 4.92 Å². The number of nitrogens with zero attached hydrogens (tertiary/aromatic N) is 6. The molecular weight excluding hydrogens is 388 g/mol. The number of nitro benzene ring substituents is 1. The molecular formula is C20H22N6O2S. The number of hydrogen-bond acceptors (Lipinski definition) is 6. The monoisotopic (exact) mass is 410 g/mol. The number of anilines is 1. The van der Waals surface area contributed by atoms with Gasteiger partial charge in [-0.25, -0.2) is 4.68 Å². The zero-order valence-corrected chi connectivity index (χ0v) is 17.2. The Morgan fingerprint density at radius 1 is 1.28 bits per heavy atom. The van der Waals surface area contributed by atoms with E-state index in [0.717, 1.165) is 42.0 Å². The molecule has 8 nitrogen and oxygen atoms in total. The fourth-order valence-corrected chi connectivity index (χ4v) is 4.10. The minimum absolute atomic E-state index is 0.126. The van der Waals surface area contributed by atoms with Gasteiger partial charge in [-0.1, -0.05) is 6.92 Å². The number of fused-ring (bicyclic) bond motifs is 1. The quantitative estimate of drug-likeness (QED) is 0.344. The summed E-state index contributed by atoms with van der Waals surface area (Å²) in [5.74, 6) is 0.829. The Labute approximate surface area is 173 Å². The van der Waals surface area contributed by atoms with Gasteiger partial charge >= 0.3 is 0 Å². The minimum Gasteiger partial charge on any atom is -0.349 e. The topological polar surface area (TPSA) is 82.0 Å². The Morgan fingerprint density at radius 2 is 2.03 bits per heavy atom. The number of benzene rings is 1. The van der Waals surface area contributed by atoms with Crippen LogP contribution < -0.4 is 4.90 Å². The van der Waals surface area contributed by atoms with Crippen molar-refractivity contribution in [2.24, 2.45) is 0 Å². The van der Waals surface area contributed by atoms with E-state index in [4.69, 9.17) is 17.3 Å². The summed E-state index contributed by atoms with van der Waals surface area (Å²) in [5.41, 5.74) is 3.09. The van der Waals surface area contributed by atoms with Crippen molar-refractivity contribution in [3.05, 3.63) is 63.2 Å². The SMILES string of the molecule is CCCn1c(-c2ccncc2)nn(CN2c3ccc([N+](=O)[O-])cc3C[C@@H]2C)c1=S. The van der Waals surface area contributed by atoms with Crippen molar-refractivity contribution in [2.45, 2.75) is 45.9 Å². The predicted octanol–water partition coefficient (Wildman–Crippen LogP) is 4.20. The molecule has 1 aliphatic rings. The Morgan fingerprint density at radius 3 is 2.72 bits per heavy atom. The van der Waals surface area contributed by atoms with Crippen LogP contribution in [0.3, 0.4) is 0 Å². The first-order valence-corrected chi connectivity index (χ1v) is 10.0. The molecule has 3 heterocycles. The summed E-state index contributed by atoms with van der Waals surface area (Å²) < 4.78 is 4.57. The van der Waals surface area contributed by atoms with Gasteiger partial charge in [-0.3, -0.25) is 19.7 Å². The molecule has 0 N–H and O–H groups in total. The van der Waals surface area contributed by atoms with Crippen LogP contribution in [0.4, 0.5) is 11.4 Å². The molecule has 1 atom stereocenters. The summed E-state index contributed by atoms with van der Waals surface area (Å²) in [6.45, 7) is 5.51. The molecule has 0 bridgehead atoms. The standard InChI is InChI=1S/C20H22N6O2S/c1-3-10-23-19(15-6-8-21-9-7-15)22-25(20(23)29)13-24-14(2)11-16-12-17(26(27)28)4-5-18(16)24/h4-9,12,14H,3,10-11,13H2,1-2H3/t14-/m0/s1. The molecule has 9 heteroatoms. The maximum Gasteiger partial charge on any atom is 0.269 e. The van der Waals surface area contributed by atoms with E-state index < -0.39 is 0 Å². The van der Waals surface area contributed by atoms with Crippen LogP contribution >= 0.6 is 12.2 Å². The van der Waals surface area contributed by atoms with Gasteiger partial charge in [0.25, 0.3) is 5.69 Å². The van der Waals surface area contributed by atoms with Crippen LogP contribution in [0.2, 0.25) is 0 Å². The van der Waals surface area contributed by atoms with Gasteiger partial charge in [-0.2, -0.15) is 0 Å². The molecule has 0 amide bonds. The maximum absolute atomic E-state index is 11.1. The zero-order chi connectivity index (χ0) is 20.5. The lowest BCUT2D eigenvalue weighted by molar-refractivity contribution is -0.384. The highest BCUT2D eigenvalue weighted by molar-refractivity contribution is 7.71. The number of rotatable bonds is 6. The van der Waals surface area contributed by atoms with Gasteiger partial charge in [0.05, 0.1) is 4.92 Å². The summed E-state index contributed by atoms with van der Waals surface area (Å²) in [6, 6.07) is 9.12. The van der Waals surface area contributed by atoms with Gasteiger partial charge in [-0.05, 0) is 55.7 Å². The van der Waals surface area contributed by atoms with Crippen molar-refractivity contribution in [3.63, 3.8) is 0 Å². The number of hydrogen-bond donors (Lipinski definition) is 0. The van der Waals surface area contributed by atoms with Crippen molar-refractivity contribution in [3.8, 4) is 11.4 Å². The fourth-order valence-electron chi connectivity index (χ4n) is 3.83. The summed E-state index contributed by atoms with van der Waals surface area (Å²) >= 11 is 5.74. The lowest BCUT2D eigenvalue weighted by Crippen LogP contribution is -2.32. The number of pyridine rings is 1. The van der Waals surface area contributed by atoms with Crippen molar-refractivity contribution in [2.75, 3.05) is 4.90 Å². The third kappa shape index (κ3) is 3.53. The molecule has 0 saturated heterocycles. The van der Waals surface area contributed by atoms with Gasteiger partial charge in [0.15, 0.2) is 10.6 Å². The smallest absolute Gasteiger partial charge is 0.269 e. The number of non-ortho nitro benzene ring substituents is 1. The fraction of sp³-hybridized carbons (Fsp3) is 0.350. The Bertz CT molecular complexity index is 1110. The summed E-state index contributed by atoms with van der Waals surface area (Å²) in [5, 5.41) is 15.9. The molecule has 0 saturated carbocycles. The molecule has 0 radical (unpaired) electrons. The van der Waals surface area contributed by atoms with Gasteiger partial charge in [-0.15, -0.1) is 5.10 Å². The Hall–Kier alpha value is -3.07. The molecule has 29 heavy (non-hydrogen) atoms. The second-order valence-electron chi connectivity index (χ2n) is 7.23. The van der Waals surface area contributed by atoms with Crippen LogP contribution in [-0.4, -0.2) is 30.3 Å². The molecule has 3 aromatic rings. The maximum atomic E-state index is 11.1. The van der Waals surface area contributed by atoms with E-state index in [0.29, 0.717) is 11.4 Å². The van der Waals surface area contributed by atoms with Crippen LogP contribution in [0.25, 0.3) is 11.4 Å². The van der Waals surface area contributed by atoms with Crippen LogP contribution in [0.1, 0.15) is 25.8 Å².